The van der Waals surface area contributed by atoms with Gasteiger partial charge in [0.2, 0.25) is 10.0 Å². The summed E-state index contributed by atoms with van der Waals surface area (Å²) in [7, 11) is -3.46. The Kier molecular flexibility index (Phi) is 6.81. The number of anilines is 1. The van der Waals surface area contributed by atoms with Crippen LogP contribution in [0, 0.1) is 13.8 Å². The summed E-state index contributed by atoms with van der Waals surface area (Å²) in [6.07, 6.45) is 0.822. The van der Waals surface area contributed by atoms with E-state index in [4.69, 9.17) is 4.98 Å². The van der Waals surface area contributed by atoms with E-state index in [9.17, 15) is 8.42 Å². The maximum absolute atomic E-state index is 13.0. The number of nitrogens with zero attached hydrogens (tertiary/aromatic N) is 3. The first kappa shape index (κ1) is 22.5. The lowest BCUT2D eigenvalue weighted by Crippen LogP contribution is -2.48. The average Bonchev–Trinajstić information content (AvgIpc) is 3.25. The Bertz CT molecular complexity index is 1150. The molecule has 3 aromatic rings. The second kappa shape index (κ2) is 9.40. The van der Waals surface area contributed by atoms with Crippen molar-refractivity contribution in [2.45, 2.75) is 30.5 Å². The zero-order valence-corrected chi connectivity index (χ0v) is 20.9. The first-order valence-electron chi connectivity index (χ1n) is 10.3. The van der Waals surface area contributed by atoms with Gasteiger partial charge in [-0.2, -0.15) is 4.31 Å². The fourth-order valence-electron chi connectivity index (χ4n) is 3.74. The van der Waals surface area contributed by atoms with Crippen molar-refractivity contribution in [3.8, 4) is 0 Å². The first-order valence-corrected chi connectivity index (χ1v) is 13.7. The third-order valence-corrected chi connectivity index (χ3v) is 9.36. The van der Waals surface area contributed by atoms with Crippen LogP contribution >= 0.6 is 27.3 Å². The smallest absolute Gasteiger partial charge is 0.243 e. The second-order valence-corrected chi connectivity index (χ2v) is 11.2. The standard InChI is InChI=1S/C23H26BrN3O2S2/c1-17-4-3-5-20(18(17)2)14-21-16-30-23(25-21)26-10-12-27(13-11-26)31(28,29)22-8-6-19(15-24)7-9-22/h3-9,16H,10-15H2,1-2H3. The van der Waals surface area contributed by atoms with Crippen LogP contribution in [0.1, 0.15) is 27.9 Å². The molecule has 4 rings (SSSR count). The minimum Gasteiger partial charge on any atom is -0.345 e. The molecular formula is C23H26BrN3O2S2. The molecule has 0 bridgehead atoms. The lowest BCUT2D eigenvalue weighted by molar-refractivity contribution is 0.384. The van der Waals surface area contributed by atoms with Gasteiger partial charge >= 0.3 is 0 Å². The summed E-state index contributed by atoms with van der Waals surface area (Å²) in [5.74, 6) is 0. The summed E-state index contributed by atoms with van der Waals surface area (Å²) in [5.41, 5.74) is 6.05. The fraction of sp³-hybridized carbons (Fsp3) is 0.348. The molecule has 1 fully saturated rings. The summed E-state index contributed by atoms with van der Waals surface area (Å²) < 4.78 is 27.5. The van der Waals surface area contributed by atoms with Crippen molar-refractivity contribution >= 4 is 42.4 Å². The molecule has 2 heterocycles. The number of piperazine rings is 1. The summed E-state index contributed by atoms with van der Waals surface area (Å²) >= 11 is 5.03. The summed E-state index contributed by atoms with van der Waals surface area (Å²) in [6, 6.07) is 13.5. The highest BCUT2D eigenvalue weighted by Gasteiger charge is 2.29. The van der Waals surface area contributed by atoms with Crippen molar-refractivity contribution in [3.63, 3.8) is 0 Å². The Morgan fingerprint density at radius 2 is 1.74 bits per heavy atom. The Morgan fingerprint density at radius 3 is 2.42 bits per heavy atom. The molecule has 31 heavy (non-hydrogen) atoms. The molecule has 0 amide bonds. The van der Waals surface area contributed by atoms with Crippen molar-refractivity contribution in [2.24, 2.45) is 0 Å². The van der Waals surface area contributed by atoms with Crippen LogP contribution in [0.2, 0.25) is 0 Å². The highest BCUT2D eigenvalue weighted by molar-refractivity contribution is 9.08. The Hall–Kier alpha value is -1.74. The van der Waals surface area contributed by atoms with Gasteiger partial charge in [-0.15, -0.1) is 11.3 Å². The second-order valence-electron chi connectivity index (χ2n) is 7.83. The Morgan fingerprint density at radius 1 is 1.03 bits per heavy atom. The molecule has 0 aliphatic carbocycles. The number of sulfonamides is 1. The van der Waals surface area contributed by atoms with Crippen LogP contribution in [0.5, 0.6) is 0 Å². The predicted octanol–water partition coefficient (Wildman–Crippen LogP) is 4.76. The van der Waals surface area contributed by atoms with E-state index in [0.717, 1.165) is 22.8 Å². The van der Waals surface area contributed by atoms with E-state index in [0.29, 0.717) is 36.4 Å². The van der Waals surface area contributed by atoms with E-state index >= 15 is 0 Å². The van der Waals surface area contributed by atoms with Gasteiger partial charge in [0, 0.05) is 43.3 Å². The predicted molar refractivity (Wildman–Crippen MR) is 131 cm³/mol. The third-order valence-electron chi connectivity index (χ3n) is 5.85. The average molecular weight is 521 g/mol. The van der Waals surface area contributed by atoms with Crippen molar-refractivity contribution in [3.05, 3.63) is 75.8 Å². The molecule has 164 valence electrons. The zero-order valence-electron chi connectivity index (χ0n) is 17.7. The van der Waals surface area contributed by atoms with E-state index in [2.05, 4.69) is 58.3 Å². The van der Waals surface area contributed by atoms with Gasteiger partial charge in [-0.1, -0.05) is 46.3 Å². The van der Waals surface area contributed by atoms with Crippen molar-refractivity contribution in [2.75, 3.05) is 31.1 Å². The SMILES string of the molecule is Cc1cccc(Cc2csc(N3CCN(S(=O)(=O)c4ccc(CBr)cc4)CC3)n2)c1C. The van der Waals surface area contributed by atoms with E-state index in [1.807, 2.05) is 12.1 Å². The highest BCUT2D eigenvalue weighted by Crippen LogP contribution is 2.26. The van der Waals surface area contributed by atoms with Crippen LogP contribution in [0.3, 0.4) is 0 Å². The van der Waals surface area contributed by atoms with Crippen LogP contribution in [0.15, 0.2) is 52.7 Å². The number of aromatic nitrogens is 1. The fourth-order valence-corrected chi connectivity index (χ4v) is 6.42. The van der Waals surface area contributed by atoms with Gasteiger partial charge in [-0.05, 0) is 48.2 Å². The minimum absolute atomic E-state index is 0.357. The number of thiazole rings is 1. The largest absolute Gasteiger partial charge is 0.345 e. The number of hydrogen-bond acceptors (Lipinski definition) is 5. The van der Waals surface area contributed by atoms with Gasteiger partial charge in [0.1, 0.15) is 0 Å². The number of aryl methyl sites for hydroxylation is 1. The van der Waals surface area contributed by atoms with Crippen molar-refractivity contribution in [1.82, 2.24) is 9.29 Å². The number of alkyl halides is 1. The molecule has 0 spiro atoms. The molecule has 0 radical (unpaired) electrons. The van der Waals surface area contributed by atoms with Gasteiger partial charge < -0.3 is 4.90 Å². The molecule has 8 heteroatoms. The molecule has 1 aliphatic rings. The lowest BCUT2D eigenvalue weighted by Gasteiger charge is -2.33. The maximum Gasteiger partial charge on any atom is 0.243 e. The molecule has 2 aromatic carbocycles. The minimum atomic E-state index is -3.46. The van der Waals surface area contributed by atoms with Crippen molar-refractivity contribution < 1.29 is 8.42 Å². The topological polar surface area (TPSA) is 53.5 Å². The molecule has 0 N–H and O–H groups in total. The number of benzene rings is 2. The maximum atomic E-state index is 13.0. The van der Waals surface area contributed by atoms with Gasteiger partial charge in [-0.3, -0.25) is 0 Å². The normalized spacial score (nSPS) is 15.4. The molecule has 5 nitrogen and oxygen atoms in total. The van der Waals surface area contributed by atoms with Crippen LogP contribution < -0.4 is 4.90 Å². The number of hydrogen-bond donors (Lipinski definition) is 0. The van der Waals surface area contributed by atoms with Gasteiger partial charge in [0.25, 0.3) is 0 Å². The molecule has 1 aromatic heterocycles. The lowest BCUT2D eigenvalue weighted by atomic mass is 10.0. The van der Waals surface area contributed by atoms with Crippen LogP contribution in [-0.2, 0) is 21.8 Å². The molecule has 1 aliphatic heterocycles. The summed E-state index contributed by atoms with van der Waals surface area (Å²) in [6.45, 7) is 6.52. The van der Waals surface area contributed by atoms with Crippen LogP contribution in [-0.4, -0.2) is 43.9 Å². The molecule has 1 saturated heterocycles. The summed E-state index contributed by atoms with van der Waals surface area (Å²) in [5, 5.41) is 3.80. The molecule has 0 atom stereocenters. The monoisotopic (exact) mass is 519 g/mol. The number of halogens is 1. The van der Waals surface area contributed by atoms with Crippen LogP contribution in [0.25, 0.3) is 0 Å². The zero-order chi connectivity index (χ0) is 22.0. The number of rotatable bonds is 6. The highest BCUT2D eigenvalue weighted by atomic mass is 79.9. The first-order chi connectivity index (χ1) is 14.9. The van der Waals surface area contributed by atoms with E-state index < -0.39 is 10.0 Å². The van der Waals surface area contributed by atoms with Gasteiger partial charge in [0.15, 0.2) is 5.13 Å². The molecule has 0 unspecified atom stereocenters. The molecular weight excluding hydrogens is 494 g/mol. The quantitative estimate of drug-likeness (QED) is 0.440. The van der Waals surface area contributed by atoms with Crippen LogP contribution in [0.4, 0.5) is 5.13 Å². The van der Waals surface area contributed by atoms with Crippen molar-refractivity contribution in [1.29, 1.82) is 0 Å². The Labute approximate surface area is 196 Å². The van der Waals surface area contributed by atoms with E-state index in [-0.39, 0.29) is 0 Å². The molecule has 0 saturated carbocycles. The summed E-state index contributed by atoms with van der Waals surface area (Å²) in [4.78, 5) is 7.39. The van der Waals surface area contributed by atoms with Gasteiger partial charge in [-0.25, -0.2) is 13.4 Å². The third kappa shape index (κ3) is 4.87. The Balaban J connectivity index is 1.40. The van der Waals surface area contributed by atoms with E-state index in [1.54, 1.807) is 27.8 Å². The van der Waals surface area contributed by atoms with E-state index in [1.165, 1.54) is 16.7 Å². The van der Waals surface area contributed by atoms with Gasteiger partial charge in [0.05, 0.1) is 10.6 Å².